The molecular formula is C13H20N2O. The first-order valence-electron chi connectivity index (χ1n) is 5.69. The van der Waals surface area contributed by atoms with E-state index in [0.29, 0.717) is 17.5 Å². The zero-order valence-corrected chi connectivity index (χ0v) is 10.5. The third-order valence-corrected chi connectivity index (χ3v) is 2.75. The summed E-state index contributed by atoms with van der Waals surface area (Å²) in [5.41, 5.74) is 0.653. The molecule has 16 heavy (non-hydrogen) atoms. The zero-order valence-electron chi connectivity index (χ0n) is 10.5. The molecule has 0 aliphatic heterocycles. The summed E-state index contributed by atoms with van der Waals surface area (Å²) in [5.74, 6) is 1.41. The number of carbonyl (C=O) groups is 1. The van der Waals surface area contributed by atoms with Crippen molar-refractivity contribution < 1.29 is 4.79 Å². The molecule has 0 fully saturated rings. The lowest BCUT2D eigenvalue weighted by Gasteiger charge is -2.28. The summed E-state index contributed by atoms with van der Waals surface area (Å²) in [4.78, 5) is 17.3. The summed E-state index contributed by atoms with van der Waals surface area (Å²) in [6, 6.07) is 3.97. The van der Waals surface area contributed by atoms with Gasteiger partial charge in [-0.1, -0.05) is 13.8 Å². The lowest BCUT2D eigenvalue weighted by Crippen LogP contribution is -2.31. The van der Waals surface area contributed by atoms with Crippen LogP contribution >= 0.6 is 0 Å². The molecule has 0 radical (unpaired) electrons. The molecule has 88 valence electrons. The number of aromatic nitrogens is 1. The summed E-state index contributed by atoms with van der Waals surface area (Å²) in [7, 11) is 1.99. The van der Waals surface area contributed by atoms with Crippen molar-refractivity contribution in [2.24, 2.45) is 5.92 Å². The molecule has 1 rings (SSSR count). The van der Waals surface area contributed by atoms with Gasteiger partial charge in [-0.15, -0.1) is 0 Å². The van der Waals surface area contributed by atoms with Gasteiger partial charge in [-0.05, 0) is 31.4 Å². The smallest absolute Gasteiger partial charge is 0.153 e. The fraction of sp³-hybridized carbons (Fsp3) is 0.538. The second kappa shape index (κ2) is 5.64. The normalized spacial score (nSPS) is 12.6. The van der Waals surface area contributed by atoms with Gasteiger partial charge < -0.3 is 4.90 Å². The maximum Gasteiger partial charge on any atom is 0.153 e. The summed E-state index contributed by atoms with van der Waals surface area (Å²) in [6.45, 7) is 6.55. The van der Waals surface area contributed by atoms with Crippen LogP contribution in [0.4, 0.5) is 5.82 Å². The molecule has 0 aliphatic carbocycles. The first-order chi connectivity index (χ1) is 7.56. The molecule has 0 aliphatic rings. The van der Waals surface area contributed by atoms with E-state index in [1.807, 2.05) is 7.05 Å². The van der Waals surface area contributed by atoms with Gasteiger partial charge >= 0.3 is 0 Å². The van der Waals surface area contributed by atoms with Crippen LogP contribution in [0.25, 0.3) is 0 Å². The molecule has 3 heteroatoms. The molecule has 1 aromatic heterocycles. The number of carbonyl (C=O) groups excluding carboxylic acids is 1. The van der Waals surface area contributed by atoms with Crippen molar-refractivity contribution in [2.45, 2.75) is 33.2 Å². The Labute approximate surface area is 97.5 Å². The molecule has 3 nitrogen and oxygen atoms in total. The van der Waals surface area contributed by atoms with Gasteiger partial charge in [-0.2, -0.15) is 0 Å². The Balaban J connectivity index is 2.86. The summed E-state index contributed by atoms with van der Waals surface area (Å²) in [5, 5.41) is 0. The third-order valence-electron chi connectivity index (χ3n) is 2.75. The Bertz CT molecular complexity index is 350. The van der Waals surface area contributed by atoms with Crippen LogP contribution in [0.2, 0.25) is 0 Å². The van der Waals surface area contributed by atoms with Crippen LogP contribution < -0.4 is 4.90 Å². The van der Waals surface area contributed by atoms with Gasteiger partial charge in [0.05, 0.1) is 5.56 Å². The Morgan fingerprint density at radius 2 is 2.12 bits per heavy atom. The van der Waals surface area contributed by atoms with Crippen LogP contribution in [-0.2, 0) is 0 Å². The van der Waals surface area contributed by atoms with Gasteiger partial charge in [-0.25, -0.2) is 4.98 Å². The molecule has 0 amide bonds. The lowest BCUT2D eigenvalue weighted by atomic mass is 10.0. The minimum atomic E-state index is 0.383. The molecule has 0 spiro atoms. The Morgan fingerprint density at radius 1 is 1.44 bits per heavy atom. The highest BCUT2D eigenvalue weighted by atomic mass is 16.1. The number of nitrogens with zero attached hydrogens (tertiary/aromatic N) is 2. The van der Waals surface area contributed by atoms with Crippen molar-refractivity contribution in [3.8, 4) is 0 Å². The van der Waals surface area contributed by atoms with E-state index >= 15 is 0 Å². The van der Waals surface area contributed by atoms with Crippen molar-refractivity contribution in [1.82, 2.24) is 4.98 Å². The first kappa shape index (κ1) is 12.7. The minimum Gasteiger partial charge on any atom is -0.356 e. The maximum atomic E-state index is 10.9. The van der Waals surface area contributed by atoms with Crippen LogP contribution in [0, 0.1) is 5.92 Å². The van der Waals surface area contributed by atoms with Crippen molar-refractivity contribution >= 4 is 12.1 Å². The highest BCUT2D eigenvalue weighted by Gasteiger charge is 2.15. The quantitative estimate of drug-likeness (QED) is 0.715. The predicted molar refractivity (Wildman–Crippen MR) is 66.9 cm³/mol. The largest absolute Gasteiger partial charge is 0.356 e. The van der Waals surface area contributed by atoms with E-state index in [2.05, 4.69) is 30.7 Å². The second-order valence-electron chi connectivity index (χ2n) is 4.62. The molecule has 0 saturated heterocycles. The van der Waals surface area contributed by atoms with E-state index in [9.17, 15) is 4.79 Å². The van der Waals surface area contributed by atoms with Gasteiger partial charge in [0.2, 0.25) is 0 Å². The standard InChI is InChI=1S/C13H20N2O/c1-10(2)8-11(3)15(4)13-12(9-16)6-5-7-14-13/h5-7,9-11H,8H2,1-4H3. The zero-order chi connectivity index (χ0) is 12.1. The van der Waals surface area contributed by atoms with Crippen LogP contribution in [0.5, 0.6) is 0 Å². The molecule has 1 unspecified atom stereocenters. The highest BCUT2D eigenvalue weighted by molar-refractivity contribution is 5.82. The van der Waals surface area contributed by atoms with Gasteiger partial charge in [0.15, 0.2) is 6.29 Å². The highest BCUT2D eigenvalue weighted by Crippen LogP contribution is 2.19. The molecule has 1 aromatic rings. The molecular weight excluding hydrogens is 200 g/mol. The number of hydrogen-bond acceptors (Lipinski definition) is 3. The molecule has 0 saturated carbocycles. The van der Waals surface area contributed by atoms with Crippen molar-refractivity contribution in [3.63, 3.8) is 0 Å². The monoisotopic (exact) mass is 220 g/mol. The Hall–Kier alpha value is -1.38. The van der Waals surface area contributed by atoms with E-state index < -0.39 is 0 Å². The Morgan fingerprint density at radius 3 is 2.69 bits per heavy atom. The van der Waals surface area contributed by atoms with E-state index in [1.54, 1.807) is 18.3 Å². The van der Waals surface area contributed by atoms with E-state index in [0.717, 1.165) is 18.5 Å². The van der Waals surface area contributed by atoms with Gasteiger partial charge in [-0.3, -0.25) is 4.79 Å². The summed E-state index contributed by atoms with van der Waals surface area (Å²) < 4.78 is 0. The fourth-order valence-corrected chi connectivity index (χ4v) is 1.85. The van der Waals surface area contributed by atoms with E-state index in [-0.39, 0.29) is 0 Å². The molecule has 0 bridgehead atoms. The van der Waals surface area contributed by atoms with Gasteiger partial charge in [0, 0.05) is 19.3 Å². The van der Waals surface area contributed by atoms with E-state index in [4.69, 9.17) is 0 Å². The SMILES string of the molecule is CC(C)CC(C)N(C)c1ncccc1C=O. The van der Waals surface area contributed by atoms with Gasteiger partial charge in [0.1, 0.15) is 5.82 Å². The van der Waals surface area contributed by atoms with Crippen molar-refractivity contribution in [1.29, 1.82) is 0 Å². The average Bonchev–Trinajstić information content (AvgIpc) is 2.27. The second-order valence-corrected chi connectivity index (χ2v) is 4.62. The minimum absolute atomic E-state index is 0.383. The van der Waals surface area contributed by atoms with Crippen LogP contribution in [0.15, 0.2) is 18.3 Å². The number of anilines is 1. The third kappa shape index (κ3) is 3.05. The van der Waals surface area contributed by atoms with Crippen LogP contribution in [0.1, 0.15) is 37.6 Å². The predicted octanol–water partition coefficient (Wildman–Crippen LogP) is 2.76. The lowest BCUT2D eigenvalue weighted by molar-refractivity contribution is 0.112. The Kier molecular flexibility index (Phi) is 4.47. The number of hydrogen-bond donors (Lipinski definition) is 0. The van der Waals surface area contributed by atoms with E-state index in [1.165, 1.54) is 0 Å². The molecule has 0 N–H and O–H groups in total. The summed E-state index contributed by atoms with van der Waals surface area (Å²) >= 11 is 0. The first-order valence-corrected chi connectivity index (χ1v) is 5.69. The fourth-order valence-electron chi connectivity index (χ4n) is 1.85. The summed E-state index contributed by atoms with van der Waals surface area (Å²) in [6.07, 6.45) is 3.67. The van der Waals surface area contributed by atoms with Crippen LogP contribution in [0.3, 0.4) is 0 Å². The van der Waals surface area contributed by atoms with Crippen molar-refractivity contribution in [2.75, 3.05) is 11.9 Å². The maximum absolute atomic E-state index is 10.9. The number of pyridine rings is 1. The number of aldehydes is 1. The van der Waals surface area contributed by atoms with Crippen molar-refractivity contribution in [3.05, 3.63) is 23.9 Å². The van der Waals surface area contributed by atoms with Crippen LogP contribution in [-0.4, -0.2) is 24.4 Å². The molecule has 0 aromatic carbocycles. The number of rotatable bonds is 5. The average molecular weight is 220 g/mol. The molecule has 1 atom stereocenters. The molecule has 1 heterocycles. The topological polar surface area (TPSA) is 33.2 Å². The van der Waals surface area contributed by atoms with Gasteiger partial charge in [0.25, 0.3) is 0 Å².